The van der Waals surface area contributed by atoms with Gasteiger partial charge in [-0.25, -0.2) is 4.79 Å². The molecule has 6 heteroatoms. The predicted molar refractivity (Wildman–Crippen MR) is 108 cm³/mol. The molecule has 0 saturated heterocycles. The maximum atomic E-state index is 12.5. The van der Waals surface area contributed by atoms with Crippen molar-refractivity contribution in [2.45, 2.75) is 26.7 Å². The fourth-order valence-electron chi connectivity index (χ4n) is 2.67. The molecule has 0 bridgehead atoms. The monoisotopic (exact) mass is 381 g/mol. The summed E-state index contributed by atoms with van der Waals surface area (Å²) in [6.07, 6.45) is 2.05. The number of rotatable bonds is 8. The third-order valence-electron chi connectivity index (χ3n) is 4.14. The van der Waals surface area contributed by atoms with Gasteiger partial charge in [-0.3, -0.25) is 4.79 Å². The summed E-state index contributed by atoms with van der Waals surface area (Å²) in [6.45, 7) is 5.14. The van der Waals surface area contributed by atoms with Gasteiger partial charge in [0, 0.05) is 17.1 Å². The summed E-state index contributed by atoms with van der Waals surface area (Å²) >= 11 is 0. The van der Waals surface area contributed by atoms with Crippen molar-refractivity contribution < 1.29 is 18.7 Å². The Labute approximate surface area is 163 Å². The molecule has 1 N–H and O–H groups in total. The van der Waals surface area contributed by atoms with E-state index >= 15 is 0 Å². The molecular formula is C22H23NO5. The Bertz CT molecular complexity index is 1010. The molecule has 1 aromatic heterocycles. The first-order valence-corrected chi connectivity index (χ1v) is 9.35. The molecule has 3 rings (SSSR count). The summed E-state index contributed by atoms with van der Waals surface area (Å²) in [5, 5.41) is 3.36. The number of benzene rings is 2. The lowest BCUT2D eigenvalue weighted by Crippen LogP contribution is -2.20. The molecule has 3 aromatic rings. The number of carbonyl (C=O) groups is 1. The normalized spacial score (nSPS) is 10.6. The van der Waals surface area contributed by atoms with Crippen LogP contribution >= 0.6 is 0 Å². The van der Waals surface area contributed by atoms with Gasteiger partial charge < -0.3 is 19.2 Å². The van der Waals surface area contributed by atoms with Crippen molar-refractivity contribution in [3.63, 3.8) is 0 Å². The van der Waals surface area contributed by atoms with Crippen LogP contribution < -0.4 is 20.4 Å². The molecule has 6 nitrogen and oxygen atoms in total. The number of nitrogens with one attached hydrogen (secondary N) is 1. The molecule has 28 heavy (non-hydrogen) atoms. The standard InChI is InChI=1S/C22H23NO5/c1-3-5-12-27-17-10-7-16(8-11-17)23-21(24)19-13-15-6-9-18(26-4-2)14-20(15)28-22(19)25/h6-11,13-14H,3-5,12H2,1-2H3,(H,23,24). The molecule has 0 aliphatic heterocycles. The van der Waals surface area contributed by atoms with Crippen molar-refractivity contribution >= 4 is 22.6 Å². The van der Waals surface area contributed by atoms with Gasteiger partial charge in [-0.2, -0.15) is 0 Å². The van der Waals surface area contributed by atoms with Crippen molar-refractivity contribution in [3.8, 4) is 11.5 Å². The fourth-order valence-corrected chi connectivity index (χ4v) is 2.67. The van der Waals surface area contributed by atoms with Crippen molar-refractivity contribution in [2.24, 2.45) is 0 Å². The maximum Gasteiger partial charge on any atom is 0.349 e. The third-order valence-corrected chi connectivity index (χ3v) is 4.14. The molecule has 0 radical (unpaired) electrons. The number of fused-ring (bicyclic) bond motifs is 1. The summed E-state index contributed by atoms with van der Waals surface area (Å²) < 4.78 is 16.3. The summed E-state index contributed by atoms with van der Waals surface area (Å²) in [6, 6.07) is 13.7. The van der Waals surface area contributed by atoms with E-state index in [-0.39, 0.29) is 5.56 Å². The van der Waals surface area contributed by atoms with E-state index in [0.717, 1.165) is 18.6 Å². The number of hydrogen-bond acceptors (Lipinski definition) is 5. The van der Waals surface area contributed by atoms with E-state index in [1.54, 1.807) is 42.5 Å². The Hall–Kier alpha value is -3.28. The van der Waals surface area contributed by atoms with Crippen LogP contribution in [0.2, 0.25) is 0 Å². The largest absolute Gasteiger partial charge is 0.494 e. The van der Waals surface area contributed by atoms with Gasteiger partial charge in [-0.05, 0) is 55.8 Å². The van der Waals surface area contributed by atoms with Gasteiger partial charge in [-0.15, -0.1) is 0 Å². The van der Waals surface area contributed by atoms with Crippen LogP contribution in [0.1, 0.15) is 37.0 Å². The number of hydrogen-bond donors (Lipinski definition) is 1. The second-order valence-corrected chi connectivity index (χ2v) is 6.26. The van der Waals surface area contributed by atoms with Crippen LogP contribution in [-0.4, -0.2) is 19.1 Å². The maximum absolute atomic E-state index is 12.5. The van der Waals surface area contributed by atoms with Crippen LogP contribution in [-0.2, 0) is 0 Å². The highest BCUT2D eigenvalue weighted by atomic mass is 16.5. The lowest BCUT2D eigenvalue weighted by Gasteiger charge is -2.08. The Morgan fingerprint density at radius 3 is 2.46 bits per heavy atom. The van der Waals surface area contributed by atoms with Crippen LogP contribution in [0.3, 0.4) is 0 Å². The Morgan fingerprint density at radius 2 is 1.75 bits per heavy atom. The first kappa shape index (κ1) is 19.5. The van der Waals surface area contributed by atoms with E-state index in [4.69, 9.17) is 13.9 Å². The van der Waals surface area contributed by atoms with Gasteiger partial charge in [0.25, 0.3) is 5.91 Å². The van der Waals surface area contributed by atoms with Crippen LogP contribution in [0.15, 0.2) is 57.7 Å². The molecule has 1 heterocycles. The second kappa shape index (κ2) is 9.08. The van der Waals surface area contributed by atoms with Gasteiger partial charge >= 0.3 is 5.63 Å². The van der Waals surface area contributed by atoms with E-state index in [9.17, 15) is 9.59 Å². The lowest BCUT2D eigenvalue weighted by atomic mass is 10.1. The molecule has 0 atom stereocenters. The van der Waals surface area contributed by atoms with E-state index in [1.807, 2.05) is 6.92 Å². The van der Waals surface area contributed by atoms with Crippen LogP contribution in [0.5, 0.6) is 11.5 Å². The Morgan fingerprint density at radius 1 is 1.00 bits per heavy atom. The van der Waals surface area contributed by atoms with Crippen LogP contribution in [0.25, 0.3) is 11.0 Å². The minimum atomic E-state index is -0.696. The van der Waals surface area contributed by atoms with E-state index in [2.05, 4.69) is 12.2 Å². The smallest absolute Gasteiger partial charge is 0.349 e. The average Bonchev–Trinajstić information content (AvgIpc) is 2.69. The topological polar surface area (TPSA) is 77.8 Å². The number of unbranched alkanes of at least 4 members (excludes halogenated alkanes) is 1. The highest BCUT2D eigenvalue weighted by molar-refractivity contribution is 6.05. The van der Waals surface area contributed by atoms with Gasteiger partial charge in [0.1, 0.15) is 22.6 Å². The summed E-state index contributed by atoms with van der Waals surface area (Å²) in [5.74, 6) is 0.822. The molecule has 0 saturated carbocycles. The highest BCUT2D eigenvalue weighted by Gasteiger charge is 2.14. The van der Waals surface area contributed by atoms with Gasteiger partial charge in [0.2, 0.25) is 0 Å². The number of anilines is 1. The second-order valence-electron chi connectivity index (χ2n) is 6.26. The van der Waals surface area contributed by atoms with E-state index in [0.29, 0.717) is 35.6 Å². The van der Waals surface area contributed by atoms with Crippen molar-refractivity contribution in [1.82, 2.24) is 0 Å². The van der Waals surface area contributed by atoms with Gasteiger partial charge in [0.15, 0.2) is 0 Å². The number of amides is 1. The highest BCUT2D eigenvalue weighted by Crippen LogP contribution is 2.21. The Kier molecular flexibility index (Phi) is 6.32. The fraction of sp³-hybridized carbons (Fsp3) is 0.273. The first-order chi connectivity index (χ1) is 13.6. The number of ether oxygens (including phenoxy) is 2. The average molecular weight is 381 g/mol. The van der Waals surface area contributed by atoms with E-state index in [1.165, 1.54) is 6.07 Å². The SMILES string of the molecule is CCCCOc1ccc(NC(=O)c2cc3ccc(OCC)cc3oc2=O)cc1. The number of carbonyl (C=O) groups excluding carboxylic acids is 1. The van der Waals surface area contributed by atoms with Gasteiger partial charge in [0.05, 0.1) is 13.2 Å². The quantitative estimate of drug-likeness (QED) is 0.455. The van der Waals surface area contributed by atoms with Crippen molar-refractivity contribution in [1.29, 1.82) is 0 Å². The Balaban J connectivity index is 1.75. The zero-order chi connectivity index (χ0) is 19.9. The van der Waals surface area contributed by atoms with Crippen LogP contribution in [0, 0.1) is 0 Å². The molecule has 146 valence electrons. The molecule has 0 spiro atoms. The van der Waals surface area contributed by atoms with Crippen molar-refractivity contribution in [3.05, 3.63) is 64.5 Å². The predicted octanol–water partition coefficient (Wildman–Crippen LogP) is 4.62. The third kappa shape index (κ3) is 4.71. The van der Waals surface area contributed by atoms with E-state index < -0.39 is 11.5 Å². The molecule has 0 unspecified atom stereocenters. The molecule has 2 aromatic carbocycles. The summed E-state index contributed by atoms with van der Waals surface area (Å²) in [4.78, 5) is 24.8. The summed E-state index contributed by atoms with van der Waals surface area (Å²) in [5.41, 5.74) is 0.193. The zero-order valence-corrected chi connectivity index (χ0v) is 16.0. The lowest BCUT2D eigenvalue weighted by molar-refractivity contribution is 0.102. The minimum Gasteiger partial charge on any atom is -0.494 e. The van der Waals surface area contributed by atoms with Gasteiger partial charge in [-0.1, -0.05) is 13.3 Å². The minimum absolute atomic E-state index is 0.0556. The molecule has 0 aliphatic rings. The zero-order valence-electron chi connectivity index (χ0n) is 16.0. The first-order valence-electron chi connectivity index (χ1n) is 9.35. The van der Waals surface area contributed by atoms with Crippen LogP contribution in [0.4, 0.5) is 5.69 Å². The molecule has 0 fully saturated rings. The molecule has 0 aliphatic carbocycles. The summed E-state index contributed by atoms with van der Waals surface area (Å²) in [7, 11) is 0. The molecular weight excluding hydrogens is 358 g/mol. The van der Waals surface area contributed by atoms with Crippen molar-refractivity contribution in [2.75, 3.05) is 18.5 Å². The molecule has 1 amide bonds.